The van der Waals surface area contributed by atoms with Gasteiger partial charge in [0.05, 0.1) is 19.4 Å². The number of hydrogen-bond donors (Lipinski definition) is 2. The van der Waals surface area contributed by atoms with Crippen molar-refractivity contribution in [1.29, 1.82) is 0 Å². The normalized spacial score (nSPS) is 19.4. The van der Waals surface area contributed by atoms with Crippen LogP contribution in [0.1, 0.15) is 36.1 Å². The number of hydrogen-bond acceptors (Lipinski definition) is 4. The zero-order valence-corrected chi connectivity index (χ0v) is 20.6. The van der Waals surface area contributed by atoms with Crippen molar-refractivity contribution in [3.63, 3.8) is 0 Å². The Bertz CT molecular complexity index is 767. The lowest BCUT2D eigenvalue weighted by atomic mass is 10.1. The number of guanidine groups is 1. The molecule has 0 aliphatic carbocycles. The van der Waals surface area contributed by atoms with Gasteiger partial charge in [0.1, 0.15) is 5.76 Å². The van der Waals surface area contributed by atoms with Crippen molar-refractivity contribution in [1.82, 2.24) is 15.5 Å². The Hall–Kier alpha value is -1.58. The van der Waals surface area contributed by atoms with Crippen LogP contribution in [0, 0.1) is 5.92 Å². The molecule has 2 fully saturated rings. The van der Waals surface area contributed by atoms with Crippen LogP contribution < -0.4 is 10.6 Å². The van der Waals surface area contributed by atoms with Crippen molar-refractivity contribution >= 4 is 29.9 Å². The van der Waals surface area contributed by atoms with Crippen LogP contribution in [-0.4, -0.2) is 50.3 Å². The molecule has 2 aromatic rings. The first kappa shape index (κ1) is 24.1. The highest BCUT2D eigenvalue weighted by Gasteiger charge is 2.16. The molecule has 0 spiro atoms. The Kier molecular flexibility index (Phi) is 10.2. The average molecular weight is 538 g/mol. The summed E-state index contributed by atoms with van der Waals surface area (Å²) in [4.78, 5) is 7.35. The molecule has 1 atom stereocenters. The molecule has 2 saturated heterocycles. The van der Waals surface area contributed by atoms with E-state index in [4.69, 9.17) is 14.1 Å². The lowest BCUT2D eigenvalue weighted by Gasteiger charge is -2.15. The van der Waals surface area contributed by atoms with Gasteiger partial charge in [0.2, 0.25) is 0 Å². The third-order valence-corrected chi connectivity index (χ3v) is 5.87. The highest BCUT2D eigenvalue weighted by Crippen LogP contribution is 2.14. The van der Waals surface area contributed by atoms with Crippen LogP contribution in [0.15, 0.2) is 52.1 Å². The van der Waals surface area contributed by atoms with Crippen molar-refractivity contribution in [2.75, 3.05) is 39.4 Å². The lowest BCUT2D eigenvalue weighted by molar-refractivity contribution is 0.186. The standard InChI is InChI=1S/C24H34N4O2.HI/c1-2-13-28(12-1)18-21-7-5-20(6-8-21)16-26-24(27-17-22-10-15-29-19-22)25-11-9-23-4-3-14-30-23;/h3-8,14,22H,1-2,9-13,15-19H2,(H2,25,26,27);1H. The zero-order chi connectivity index (χ0) is 20.4. The van der Waals surface area contributed by atoms with Gasteiger partial charge in [-0.3, -0.25) is 4.90 Å². The molecule has 0 saturated carbocycles. The second-order valence-corrected chi connectivity index (χ2v) is 8.33. The van der Waals surface area contributed by atoms with Gasteiger partial charge >= 0.3 is 0 Å². The van der Waals surface area contributed by atoms with Gasteiger partial charge in [-0.2, -0.15) is 0 Å². The first-order valence-electron chi connectivity index (χ1n) is 11.3. The SMILES string of the molecule is I.c1coc(CCNC(=NCc2ccc(CN3CCCC3)cc2)NCC2CCOC2)c1. The number of likely N-dealkylation sites (tertiary alicyclic amines) is 1. The lowest BCUT2D eigenvalue weighted by Crippen LogP contribution is -2.40. The fraction of sp³-hybridized carbons (Fsp3) is 0.542. The predicted molar refractivity (Wildman–Crippen MR) is 135 cm³/mol. The maximum Gasteiger partial charge on any atom is 0.191 e. The van der Waals surface area contributed by atoms with Crippen LogP contribution >= 0.6 is 24.0 Å². The summed E-state index contributed by atoms with van der Waals surface area (Å²) in [5.74, 6) is 2.40. The first-order valence-corrected chi connectivity index (χ1v) is 11.3. The Balaban J connectivity index is 0.00000272. The van der Waals surface area contributed by atoms with E-state index in [9.17, 15) is 0 Å². The highest BCUT2D eigenvalue weighted by molar-refractivity contribution is 14.0. The van der Waals surface area contributed by atoms with Crippen LogP contribution in [0.2, 0.25) is 0 Å². The van der Waals surface area contributed by atoms with Crippen molar-refractivity contribution in [3.8, 4) is 0 Å². The molecule has 1 aromatic heterocycles. The minimum absolute atomic E-state index is 0. The number of halogens is 1. The molecule has 6 nitrogen and oxygen atoms in total. The Morgan fingerprint density at radius 3 is 2.58 bits per heavy atom. The van der Waals surface area contributed by atoms with Gasteiger partial charge in [-0.1, -0.05) is 24.3 Å². The maximum atomic E-state index is 5.49. The van der Waals surface area contributed by atoms with E-state index in [0.717, 1.165) is 57.4 Å². The summed E-state index contributed by atoms with van der Waals surface area (Å²) in [7, 11) is 0. The fourth-order valence-corrected chi connectivity index (χ4v) is 4.04. The quantitative estimate of drug-likeness (QED) is 0.289. The molecule has 2 aliphatic rings. The summed E-state index contributed by atoms with van der Waals surface area (Å²) < 4.78 is 10.9. The monoisotopic (exact) mass is 538 g/mol. The van der Waals surface area contributed by atoms with E-state index in [2.05, 4.69) is 39.8 Å². The molecule has 3 heterocycles. The first-order chi connectivity index (χ1) is 14.8. The Labute approximate surface area is 202 Å². The minimum Gasteiger partial charge on any atom is -0.469 e. The van der Waals surface area contributed by atoms with Crippen molar-refractivity contribution < 1.29 is 9.15 Å². The van der Waals surface area contributed by atoms with E-state index < -0.39 is 0 Å². The summed E-state index contributed by atoms with van der Waals surface area (Å²) in [5, 5.41) is 6.94. The van der Waals surface area contributed by atoms with Crippen LogP contribution in [0.4, 0.5) is 0 Å². The number of rotatable bonds is 9. The zero-order valence-electron chi connectivity index (χ0n) is 18.2. The molecular weight excluding hydrogens is 503 g/mol. The number of nitrogens with one attached hydrogen (secondary N) is 2. The molecule has 1 aromatic carbocycles. The molecule has 2 N–H and O–H groups in total. The summed E-state index contributed by atoms with van der Waals surface area (Å²) in [5.41, 5.74) is 2.62. The van der Waals surface area contributed by atoms with Crippen molar-refractivity contribution in [2.24, 2.45) is 10.9 Å². The topological polar surface area (TPSA) is 62.0 Å². The second kappa shape index (κ2) is 13.1. The summed E-state index contributed by atoms with van der Waals surface area (Å²) in [6.45, 7) is 7.58. The number of nitrogens with zero attached hydrogens (tertiary/aromatic N) is 2. The molecule has 1 unspecified atom stereocenters. The van der Waals surface area contributed by atoms with Gasteiger partial charge in [-0.25, -0.2) is 4.99 Å². The Morgan fingerprint density at radius 2 is 1.87 bits per heavy atom. The maximum absolute atomic E-state index is 5.49. The van der Waals surface area contributed by atoms with E-state index in [1.165, 1.54) is 37.1 Å². The molecule has 0 radical (unpaired) electrons. The molecule has 2 aliphatic heterocycles. The van der Waals surface area contributed by atoms with Crippen molar-refractivity contribution in [2.45, 2.75) is 38.8 Å². The average Bonchev–Trinajstić information content (AvgIpc) is 3.55. The van der Waals surface area contributed by atoms with Gasteiger partial charge in [0.15, 0.2) is 5.96 Å². The van der Waals surface area contributed by atoms with Crippen LogP contribution in [-0.2, 0) is 24.2 Å². The van der Waals surface area contributed by atoms with Gasteiger partial charge < -0.3 is 19.8 Å². The van der Waals surface area contributed by atoms with Gasteiger partial charge in [0.25, 0.3) is 0 Å². The highest BCUT2D eigenvalue weighted by atomic mass is 127. The third-order valence-electron chi connectivity index (χ3n) is 5.87. The van der Waals surface area contributed by atoms with Gasteiger partial charge in [-0.15, -0.1) is 24.0 Å². The Morgan fingerprint density at radius 1 is 1.06 bits per heavy atom. The van der Waals surface area contributed by atoms with E-state index in [1.807, 2.05) is 12.1 Å². The van der Waals surface area contributed by atoms with Crippen LogP contribution in [0.25, 0.3) is 0 Å². The van der Waals surface area contributed by atoms with Gasteiger partial charge in [-0.05, 0) is 55.6 Å². The third kappa shape index (κ3) is 8.12. The van der Waals surface area contributed by atoms with E-state index >= 15 is 0 Å². The van der Waals surface area contributed by atoms with Gasteiger partial charge in [0, 0.05) is 38.6 Å². The molecule has 170 valence electrons. The number of aliphatic imine (C=N–C) groups is 1. The number of benzene rings is 1. The molecule has 0 amide bonds. The molecule has 31 heavy (non-hydrogen) atoms. The summed E-state index contributed by atoms with van der Waals surface area (Å²) in [6, 6.07) is 12.8. The molecule has 7 heteroatoms. The molecular formula is C24H35IN4O2. The largest absolute Gasteiger partial charge is 0.469 e. The second-order valence-electron chi connectivity index (χ2n) is 8.33. The summed E-state index contributed by atoms with van der Waals surface area (Å²) >= 11 is 0. The smallest absolute Gasteiger partial charge is 0.191 e. The minimum atomic E-state index is 0. The number of ether oxygens (including phenoxy) is 1. The van der Waals surface area contributed by atoms with E-state index in [-0.39, 0.29) is 24.0 Å². The van der Waals surface area contributed by atoms with Crippen molar-refractivity contribution in [3.05, 3.63) is 59.5 Å². The predicted octanol–water partition coefficient (Wildman–Crippen LogP) is 3.81. The van der Waals surface area contributed by atoms with Crippen LogP contribution in [0.3, 0.4) is 0 Å². The summed E-state index contributed by atoms with van der Waals surface area (Å²) in [6.07, 6.45) is 6.34. The molecule has 0 bridgehead atoms. The molecule has 4 rings (SSSR count). The van der Waals surface area contributed by atoms with E-state index in [0.29, 0.717) is 12.5 Å². The number of furan rings is 1. The van der Waals surface area contributed by atoms with Crippen LogP contribution in [0.5, 0.6) is 0 Å². The fourth-order valence-electron chi connectivity index (χ4n) is 4.04. The van der Waals surface area contributed by atoms with E-state index in [1.54, 1.807) is 6.26 Å².